The Bertz CT molecular complexity index is 1200. The summed E-state index contributed by atoms with van der Waals surface area (Å²) in [6, 6.07) is 10.9. The molecule has 7 nitrogen and oxygen atoms in total. The van der Waals surface area contributed by atoms with Crippen molar-refractivity contribution in [2.24, 2.45) is 5.92 Å². The Morgan fingerprint density at radius 2 is 1.72 bits per heavy atom. The molecule has 3 aromatic rings. The number of hydrogen-bond donors (Lipinski definition) is 3. The normalized spacial score (nSPS) is 17.9. The molecule has 0 aliphatic heterocycles. The second kappa shape index (κ2) is 10.9. The largest absolute Gasteiger partial charge is 0.416 e. The minimum absolute atomic E-state index is 0.0296. The lowest BCUT2D eigenvalue weighted by Gasteiger charge is -2.29. The second-order valence-corrected chi connectivity index (χ2v) is 8.64. The number of nitrogens with zero attached hydrogens (tertiary/aromatic N) is 3. The van der Waals surface area contributed by atoms with Gasteiger partial charge in [-0.3, -0.25) is 4.79 Å². The second-order valence-electron chi connectivity index (χ2n) is 8.64. The van der Waals surface area contributed by atoms with E-state index in [1.165, 1.54) is 30.3 Å². The van der Waals surface area contributed by atoms with Crippen molar-refractivity contribution in [2.45, 2.75) is 44.4 Å². The van der Waals surface area contributed by atoms with Crippen LogP contribution in [0.1, 0.15) is 36.8 Å². The smallest absolute Gasteiger partial charge is 0.357 e. The molecule has 1 saturated carbocycles. The molecule has 0 spiro atoms. The fourth-order valence-electron chi connectivity index (χ4n) is 4.30. The topological polar surface area (TPSA) is 91.8 Å². The summed E-state index contributed by atoms with van der Waals surface area (Å²) < 4.78 is 53.0. The van der Waals surface area contributed by atoms with Crippen LogP contribution in [0.2, 0.25) is 0 Å². The van der Waals surface area contributed by atoms with E-state index in [2.05, 4.69) is 30.9 Å². The lowest BCUT2D eigenvalue weighted by molar-refractivity contribution is -0.138. The molecule has 0 radical (unpaired) electrons. The molecule has 1 aromatic heterocycles. The minimum atomic E-state index is -4.48. The van der Waals surface area contributed by atoms with E-state index < -0.39 is 11.7 Å². The Kier molecular flexibility index (Phi) is 7.66. The first-order chi connectivity index (χ1) is 17.2. The van der Waals surface area contributed by atoms with Crippen LogP contribution in [0.15, 0.2) is 48.5 Å². The van der Waals surface area contributed by atoms with Gasteiger partial charge in [-0.15, -0.1) is 0 Å². The fraction of sp³-hybridized carbons (Fsp3) is 0.360. The van der Waals surface area contributed by atoms with Crippen LogP contribution in [0.25, 0.3) is 11.4 Å². The maximum absolute atomic E-state index is 13.3. The van der Waals surface area contributed by atoms with Gasteiger partial charge in [0.1, 0.15) is 5.82 Å². The first-order valence-electron chi connectivity index (χ1n) is 11.6. The van der Waals surface area contributed by atoms with Crippen LogP contribution in [0, 0.1) is 11.7 Å². The van der Waals surface area contributed by atoms with Crippen molar-refractivity contribution in [1.29, 1.82) is 0 Å². The molecule has 1 heterocycles. The highest BCUT2D eigenvalue weighted by molar-refractivity contribution is 5.78. The van der Waals surface area contributed by atoms with E-state index >= 15 is 0 Å². The summed E-state index contributed by atoms with van der Waals surface area (Å²) >= 11 is 0. The Balaban J connectivity index is 1.41. The van der Waals surface area contributed by atoms with Crippen molar-refractivity contribution in [1.82, 2.24) is 20.3 Å². The number of nitrogens with one attached hydrogen (secondary N) is 3. The molecule has 3 N–H and O–H groups in total. The summed E-state index contributed by atoms with van der Waals surface area (Å²) in [5.74, 6) is 0.0197. The van der Waals surface area contributed by atoms with Gasteiger partial charge in [0.2, 0.25) is 17.8 Å². The van der Waals surface area contributed by atoms with E-state index in [4.69, 9.17) is 0 Å². The quantitative estimate of drug-likeness (QED) is 0.393. The minimum Gasteiger partial charge on any atom is -0.357 e. The zero-order valence-corrected chi connectivity index (χ0v) is 19.6. The molecule has 2 atom stereocenters. The highest BCUT2D eigenvalue weighted by Gasteiger charge is 2.33. The molecule has 0 saturated heterocycles. The molecule has 1 aliphatic carbocycles. The fourth-order valence-corrected chi connectivity index (χ4v) is 4.30. The number of aromatic nitrogens is 3. The third-order valence-corrected chi connectivity index (χ3v) is 6.12. The van der Waals surface area contributed by atoms with Gasteiger partial charge in [0.15, 0.2) is 5.82 Å². The summed E-state index contributed by atoms with van der Waals surface area (Å²) in [5.41, 5.74) is -0.0963. The van der Waals surface area contributed by atoms with Crippen LogP contribution in [-0.2, 0) is 17.5 Å². The molecule has 0 bridgehead atoms. The van der Waals surface area contributed by atoms with E-state index in [0.717, 1.165) is 18.9 Å². The first kappa shape index (κ1) is 25.3. The van der Waals surface area contributed by atoms with Crippen molar-refractivity contribution in [3.63, 3.8) is 0 Å². The Labute approximate surface area is 205 Å². The van der Waals surface area contributed by atoms with Crippen LogP contribution in [-0.4, -0.2) is 33.9 Å². The maximum Gasteiger partial charge on any atom is 0.416 e. The average molecular weight is 503 g/mol. The molecular formula is C25H26F4N6O. The van der Waals surface area contributed by atoms with E-state index in [1.807, 2.05) is 0 Å². The average Bonchev–Trinajstić information content (AvgIpc) is 2.87. The highest BCUT2D eigenvalue weighted by Crippen LogP contribution is 2.32. The summed E-state index contributed by atoms with van der Waals surface area (Å²) in [6.07, 6.45) is -1.80. The summed E-state index contributed by atoms with van der Waals surface area (Å²) in [5, 5.41) is 8.81. The molecule has 2 aromatic carbocycles. The summed E-state index contributed by atoms with van der Waals surface area (Å²) in [4.78, 5) is 25.9. The van der Waals surface area contributed by atoms with Gasteiger partial charge in [-0.2, -0.15) is 28.1 Å². The van der Waals surface area contributed by atoms with E-state index in [9.17, 15) is 22.4 Å². The van der Waals surface area contributed by atoms with Gasteiger partial charge < -0.3 is 16.0 Å². The van der Waals surface area contributed by atoms with Gasteiger partial charge in [0.05, 0.1) is 5.56 Å². The van der Waals surface area contributed by atoms with Crippen LogP contribution in [0.4, 0.5) is 29.5 Å². The lowest BCUT2D eigenvalue weighted by atomic mass is 9.85. The molecule has 190 valence electrons. The lowest BCUT2D eigenvalue weighted by Crippen LogP contribution is -2.37. The maximum atomic E-state index is 13.3. The van der Waals surface area contributed by atoms with Crippen LogP contribution < -0.4 is 16.0 Å². The third-order valence-electron chi connectivity index (χ3n) is 6.12. The number of amides is 1. The number of hydrogen-bond acceptors (Lipinski definition) is 6. The highest BCUT2D eigenvalue weighted by atomic mass is 19.4. The molecule has 2 unspecified atom stereocenters. The number of carbonyl (C=O) groups excluding carboxylic acids is 1. The van der Waals surface area contributed by atoms with Crippen LogP contribution in [0.3, 0.4) is 0 Å². The molecule has 1 amide bonds. The standard InChI is InChI=1S/C25H26F4N6O/c1-30-23-33-21(15-9-11-18(26)12-10-15)34-24(35-23)32-19-7-4-6-16(13-19)22(36)31-14-17-5-2-3-8-20(17)25(27,28)29/h2-3,5,8-12,16,19H,4,6-7,13-14H2,1H3,(H,31,36)(H2,30,32,33,34,35). The predicted octanol–water partition coefficient (Wildman–Crippen LogP) is 5.03. The Morgan fingerprint density at radius 1 is 1.00 bits per heavy atom. The zero-order chi connectivity index (χ0) is 25.7. The zero-order valence-electron chi connectivity index (χ0n) is 19.6. The van der Waals surface area contributed by atoms with E-state index in [0.29, 0.717) is 36.1 Å². The SMILES string of the molecule is CNc1nc(NC2CCCC(C(=O)NCc3ccccc3C(F)(F)F)C2)nc(-c2ccc(F)cc2)n1. The number of alkyl halides is 3. The Morgan fingerprint density at radius 3 is 2.44 bits per heavy atom. The van der Waals surface area contributed by atoms with Crippen LogP contribution in [0.5, 0.6) is 0 Å². The first-order valence-corrected chi connectivity index (χ1v) is 11.6. The number of rotatable bonds is 7. The molecule has 4 rings (SSSR count). The molecule has 11 heteroatoms. The number of anilines is 2. The van der Waals surface area contributed by atoms with Crippen LogP contribution >= 0.6 is 0 Å². The third kappa shape index (κ3) is 6.27. The van der Waals surface area contributed by atoms with Crippen molar-refractivity contribution in [3.05, 3.63) is 65.5 Å². The summed E-state index contributed by atoms with van der Waals surface area (Å²) in [6.45, 7) is -0.191. The van der Waals surface area contributed by atoms with Gasteiger partial charge >= 0.3 is 6.18 Å². The van der Waals surface area contributed by atoms with Gasteiger partial charge in [-0.1, -0.05) is 24.6 Å². The van der Waals surface area contributed by atoms with Gasteiger partial charge in [-0.05, 0) is 55.2 Å². The molecule has 1 aliphatic rings. The van der Waals surface area contributed by atoms with Gasteiger partial charge in [0, 0.05) is 31.1 Å². The van der Waals surface area contributed by atoms with Crippen molar-refractivity contribution in [2.75, 3.05) is 17.7 Å². The van der Waals surface area contributed by atoms with Gasteiger partial charge in [-0.25, -0.2) is 4.39 Å². The number of carbonyl (C=O) groups is 1. The van der Waals surface area contributed by atoms with Crippen molar-refractivity contribution < 1.29 is 22.4 Å². The van der Waals surface area contributed by atoms with Crippen molar-refractivity contribution >= 4 is 17.8 Å². The predicted molar refractivity (Wildman–Crippen MR) is 127 cm³/mol. The number of halogens is 4. The van der Waals surface area contributed by atoms with E-state index in [-0.39, 0.29) is 35.8 Å². The molecule has 1 fully saturated rings. The Hall–Kier alpha value is -3.76. The van der Waals surface area contributed by atoms with Gasteiger partial charge in [0.25, 0.3) is 0 Å². The van der Waals surface area contributed by atoms with Crippen molar-refractivity contribution in [3.8, 4) is 11.4 Å². The summed E-state index contributed by atoms with van der Waals surface area (Å²) in [7, 11) is 1.67. The molecule has 36 heavy (non-hydrogen) atoms. The van der Waals surface area contributed by atoms with E-state index in [1.54, 1.807) is 19.2 Å². The number of benzene rings is 2. The monoisotopic (exact) mass is 502 g/mol. The molecular weight excluding hydrogens is 476 g/mol.